The van der Waals surface area contributed by atoms with Crippen LogP contribution in [0.4, 0.5) is 14.5 Å². The zero-order valence-electron chi connectivity index (χ0n) is 11.6. The first kappa shape index (κ1) is 13.7. The largest absolute Gasteiger partial charge is 0.586 e. The Labute approximate surface area is 120 Å². The molecule has 5 nitrogen and oxygen atoms in total. The summed E-state index contributed by atoms with van der Waals surface area (Å²) in [6.45, 7) is 4.61. The quantitative estimate of drug-likeness (QED) is 0.941. The van der Waals surface area contributed by atoms with Crippen LogP contribution in [0.15, 0.2) is 30.7 Å². The summed E-state index contributed by atoms with van der Waals surface area (Å²) in [6, 6.07) is 4.95. The molecular formula is C14H15F2N3O2. The van der Waals surface area contributed by atoms with Crippen molar-refractivity contribution in [2.24, 2.45) is 0 Å². The fraction of sp³-hybridized carbons (Fsp3) is 0.357. The van der Waals surface area contributed by atoms with E-state index >= 15 is 0 Å². The molecule has 1 aromatic heterocycles. The highest BCUT2D eigenvalue weighted by Crippen LogP contribution is 2.43. The molecule has 0 unspecified atom stereocenters. The summed E-state index contributed by atoms with van der Waals surface area (Å²) in [4.78, 5) is 9.12. The number of benzene rings is 1. The average molecular weight is 295 g/mol. The highest BCUT2D eigenvalue weighted by molar-refractivity contribution is 5.58. The van der Waals surface area contributed by atoms with Crippen molar-refractivity contribution in [2.75, 3.05) is 4.90 Å². The second kappa shape index (κ2) is 4.91. The van der Waals surface area contributed by atoms with Crippen LogP contribution < -0.4 is 14.4 Å². The van der Waals surface area contributed by atoms with Crippen LogP contribution in [0.25, 0.3) is 0 Å². The maximum Gasteiger partial charge on any atom is 0.586 e. The summed E-state index contributed by atoms with van der Waals surface area (Å²) in [6.07, 6.45) is -0.184. The van der Waals surface area contributed by atoms with Crippen molar-refractivity contribution in [2.45, 2.75) is 32.7 Å². The van der Waals surface area contributed by atoms with Gasteiger partial charge in [-0.1, -0.05) is 0 Å². The van der Waals surface area contributed by atoms with E-state index in [0.29, 0.717) is 6.54 Å². The maximum atomic E-state index is 13.1. The smallest absolute Gasteiger partial charge is 0.395 e. The van der Waals surface area contributed by atoms with Gasteiger partial charge in [-0.3, -0.25) is 0 Å². The number of ether oxygens (including phenoxy) is 2. The normalized spacial score (nSPS) is 15.5. The highest BCUT2D eigenvalue weighted by Gasteiger charge is 2.43. The number of aromatic amines is 1. The van der Waals surface area contributed by atoms with Crippen molar-refractivity contribution in [3.05, 3.63) is 36.4 Å². The van der Waals surface area contributed by atoms with Gasteiger partial charge in [-0.05, 0) is 26.0 Å². The molecule has 0 fully saturated rings. The van der Waals surface area contributed by atoms with Crippen LogP contribution in [0, 0.1) is 0 Å². The monoisotopic (exact) mass is 295 g/mol. The van der Waals surface area contributed by atoms with E-state index in [1.807, 2.05) is 18.7 Å². The molecule has 0 radical (unpaired) electrons. The van der Waals surface area contributed by atoms with Gasteiger partial charge in [-0.2, -0.15) is 0 Å². The van der Waals surface area contributed by atoms with E-state index in [2.05, 4.69) is 19.4 Å². The predicted molar refractivity (Wildman–Crippen MR) is 72.6 cm³/mol. The Morgan fingerprint density at radius 2 is 2.05 bits per heavy atom. The fourth-order valence-electron chi connectivity index (χ4n) is 2.24. The summed E-state index contributed by atoms with van der Waals surface area (Å²) >= 11 is 0. The lowest BCUT2D eigenvalue weighted by Crippen LogP contribution is -2.30. The van der Waals surface area contributed by atoms with E-state index in [9.17, 15) is 8.78 Å². The number of fused-ring (bicyclic) bond motifs is 1. The molecule has 0 atom stereocenters. The molecule has 0 spiro atoms. The number of halogens is 2. The van der Waals surface area contributed by atoms with Gasteiger partial charge in [0.2, 0.25) is 0 Å². The van der Waals surface area contributed by atoms with E-state index in [1.54, 1.807) is 24.7 Å². The Morgan fingerprint density at radius 3 is 2.71 bits per heavy atom. The zero-order valence-corrected chi connectivity index (χ0v) is 11.6. The lowest BCUT2D eigenvalue weighted by Gasteiger charge is -2.28. The molecule has 2 heterocycles. The minimum absolute atomic E-state index is 0.0465. The Bertz CT molecular complexity index is 629. The van der Waals surface area contributed by atoms with Gasteiger partial charge in [0, 0.05) is 24.0 Å². The van der Waals surface area contributed by atoms with Crippen LogP contribution in [0.2, 0.25) is 0 Å². The predicted octanol–water partition coefficient (Wildman–Crippen LogP) is 3.15. The van der Waals surface area contributed by atoms with Crippen molar-refractivity contribution < 1.29 is 18.3 Å². The van der Waals surface area contributed by atoms with Gasteiger partial charge in [0.15, 0.2) is 11.5 Å². The summed E-state index contributed by atoms with van der Waals surface area (Å²) in [5.74, 6) is 0.0948. The number of hydrogen-bond acceptors (Lipinski definition) is 4. The SMILES string of the molecule is CC(C)N(Cc1c[nH]cn1)c1ccc2c(c1)OC(F)(F)O2. The molecule has 21 heavy (non-hydrogen) atoms. The number of alkyl halides is 2. The molecule has 0 aliphatic carbocycles. The van der Waals surface area contributed by atoms with Crippen molar-refractivity contribution >= 4 is 5.69 Å². The maximum absolute atomic E-state index is 13.1. The lowest BCUT2D eigenvalue weighted by atomic mass is 10.2. The number of hydrogen-bond donors (Lipinski definition) is 1. The van der Waals surface area contributed by atoms with Gasteiger partial charge >= 0.3 is 6.29 Å². The first-order chi connectivity index (χ1) is 9.94. The molecule has 1 aliphatic heterocycles. The molecule has 7 heteroatoms. The molecule has 0 saturated heterocycles. The van der Waals surface area contributed by atoms with Gasteiger partial charge in [0.25, 0.3) is 0 Å². The van der Waals surface area contributed by atoms with Gasteiger partial charge in [-0.15, -0.1) is 8.78 Å². The zero-order chi connectivity index (χ0) is 15.0. The number of anilines is 1. The third kappa shape index (κ3) is 2.76. The van der Waals surface area contributed by atoms with Gasteiger partial charge < -0.3 is 19.4 Å². The van der Waals surface area contributed by atoms with Crippen molar-refractivity contribution in [1.82, 2.24) is 9.97 Å². The number of aromatic nitrogens is 2. The Morgan fingerprint density at radius 1 is 1.29 bits per heavy atom. The molecule has 1 aromatic carbocycles. The number of nitrogens with one attached hydrogen (secondary N) is 1. The first-order valence-corrected chi connectivity index (χ1v) is 6.59. The van der Waals surface area contributed by atoms with Gasteiger partial charge in [-0.25, -0.2) is 4.98 Å². The van der Waals surface area contributed by atoms with Crippen LogP contribution in [0.1, 0.15) is 19.5 Å². The molecule has 1 aliphatic rings. The van der Waals surface area contributed by atoms with Crippen LogP contribution in [0.3, 0.4) is 0 Å². The number of H-pyrrole nitrogens is 1. The second-order valence-electron chi connectivity index (χ2n) is 5.08. The third-order valence-corrected chi connectivity index (χ3v) is 3.23. The number of rotatable bonds is 4. The van der Waals surface area contributed by atoms with Gasteiger partial charge in [0.05, 0.1) is 18.6 Å². The van der Waals surface area contributed by atoms with Crippen LogP contribution >= 0.6 is 0 Å². The summed E-state index contributed by atoms with van der Waals surface area (Å²) < 4.78 is 35.0. The van der Waals surface area contributed by atoms with Crippen LogP contribution in [0.5, 0.6) is 11.5 Å². The molecule has 2 aromatic rings. The van der Waals surface area contributed by atoms with E-state index < -0.39 is 6.29 Å². The minimum atomic E-state index is -3.59. The second-order valence-corrected chi connectivity index (χ2v) is 5.08. The van der Waals surface area contributed by atoms with Crippen molar-refractivity contribution in [1.29, 1.82) is 0 Å². The molecule has 112 valence electrons. The van der Waals surface area contributed by atoms with E-state index in [1.165, 1.54) is 6.07 Å². The number of imidazole rings is 1. The highest BCUT2D eigenvalue weighted by atomic mass is 19.3. The molecule has 0 saturated carbocycles. The van der Waals surface area contributed by atoms with Crippen molar-refractivity contribution in [3.8, 4) is 11.5 Å². The summed E-state index contributed by atoms with van der Waals surface area (Å²) in [5.41, 5.74) is 1.64. The minimum Gasteiger partial charge on any atom is -0.395 e. The topological polar surface area (TPSA) is 50.4 Å². The Hall–Kier alpha value is -2.31. The molecular weight excluding hydrogens is 280 g/mol. The molecule has 0 amide bonds. The van der Waals surface area contributed by atoms with E-state index in [0.717, 1.165) is 11.4 Å². The van der Waals surface area contributed by atoms with E-state index in [-0.39, 0.29) is 17.5 Å². The standard InChI is InChI=1S/C14H15F2N3O2/c1-9(2)19(7-10-6-17-8-18-10)11-3-4-12-13(5-11)21-14(15,16)20-12/h3-6,8-9H,7H2,1-2H3,(H,17,18). The molecule has 1 N–H and O–H groups in total. The molecule has 0 bridgehead atoms. The van der Waals surface area contributed by atoms with Crippen LogP contribution in [-0.4, -0.2) is 22.3 Å². The van der Waals surface area contributed by atoms with Gasteiger partial charge in [0.1, 0.15) is 0 Å². The lowest BCUT2D eigenvalue weighted by molar-refractivity contribution is -0.286. The summed E-state index contributed by atoms with van der Waals surface area (Å²) in [7, 11) is 0. The first-order valence-electron chi connectivity index (χ1n) is 6.59. The summed E-state index contributed by atoms with van der Waals surface area (Å²) in [5, 5.41) is 0. The Balaban J connectivity index is 1.88. The number of nitrogens with zero attached hydrogens (tertiary/aromatic N) is 2. The molecule has 3 rings (SSSR count). The Kier molecular flexibility index (Phi) is 3.19. The fourth-order valence-corrected chi connectivity index (χ4v) is 2.24. The third-order valence-electron chi connectivity index (χ3n) is 3.23. The van der Waals surface area contributed by atoms with E-state index in [4.69, 9.17) is 0 Å². The average Bonchev–Trinajstić information content (AvgIpc) is 2.99. The van der Waals surface area contributed by atoms with Crippen LogP contribution in [-0.2, 0) is 6.54 Å². The van der Waals surface area contributed by atoms with Crippen molar-refractivity contribution in [3.63, 3.8) is 0 Å².